The van der Waals surface area contributed by atoms with Gasteiger partial charge in [0, 0.05) is 34.2 Å². The van der Waals surface area contributed by atoms with Crippen molar-refractivity contribution < 1.29 is 18.8 Å². The minimum atomic E-state index is -1.07. The van der Waals surface area contributed by atoms with E-state index in [0.717, 1.165) is 6.07 Å². The van der Waals surface area contributed by atoms with E-state index in [1.807, 2.05) is 0 Å². The highest BCUT2D eigenvalue weighted by Gasteiger charge is 2.22. The average Bonchev–Trinajstić information content (AvgIpc) is 2.59. The summed E-state index contributed by atoms with van der Waals surface area (Å²) in [7, 11) is 0. The van der Waals surface area contributed by atoms with Crippen LogP contribution in [0.3, 0.4) is 0 Å². The van der Waals surface area contributed by atoms with Gasteiger partial charge in [0.05, 0.1) is 5.69 Å². The lowest BCUT2D eigenvalue weighted by molar-refractivity contribution is 0.0944. The summed E-state index contributed by atoms with van der Waals surface area (Å²) >= 11 is 3.19. The van der Waals surface area contributed by atoms with Gasteiger partial charge in [-0.15, -0.1) is 4.73 Å². The smallest absolute Gasteiger partial charge is 0.299 e. The first-order chi connectivity index (χ1) is 12.3. The van der Waals surface area contributed by atoms with Crippen molar-refractivity contribution in [2.75, 3.05) is 5.73 Å². The Balaban J connectivity index is 1.99. The molecule has 0 spiro atoms. The molecule has 4 N–H and O–H groups in total. The second-order valence-electron chi connectivity index (χ2n) is 5.35. The molecule has 2 aromatic heterocycles. The van der Waals surface area contributed by atoms with Gasteiger partial charge in [0.25, 0.3) is 11.5 Å². The Morgan fingerprint density at radius 3 is 2.77 bits per heavy atom. The van der Waals surface area contributed by atoms with E-state index in [4.69, 9.17) is 5.73 Å². The molecule has 0 aliphatic rings. The molecule has 10 heteroatoms. The number of hydrogen-bond acceptors (Lipinski definition) is 5. The van der Waals surface area contributed by atoms with Crippen LogP contribution in [0.4, 0.5) is 14.5 Å². The molecule has 1 aromatic carbocycles. The zero-order chi connectivity index (χ0) is 19.0. The lowest BCUT2D eigenvalue weighted by Gasteiger charge is -2.11. The number of nitrogen functional groups attached to an aromatic ring is 1. The summed E-state index contributed by atoms with van der Waals surface area (Å²) in [5.41, 5.74) is 4.06. The second kappa shape index (κ2) is 6.71. The number of nitrogens with one attached hydrogen (secondary N) is 1. The molecule has 0 bridgehead atoms. The maximum Gasteiger partial charge on any atom is 0.299 e. The van der Waals surface area contributed by atoms with Crippen LogP contribution < -0.4 is 16.6 Å². The molecule has 134 valence electrons. The quantitative estimate of drug-likeness (QED) is 0.558. The van der Waals surface area contributed by atoms with Crippen molar-refractivity contribution in [2.45, 2.75) is 6.54 Å². The first kappa shape index (κ1) is 17.8. The summed E-state index contributed by atoms with van der Waals surface area (Å²) in [5, 5.41) is 12.5. The van der Waals surface area contributed by atoms with Crippen molar-refractivity contribution in [1.82, 2.24) is 15.0 Å². The van der Waals surface area contributed by atoms with Crippen molar-refractivity contribution in [3.8, 4) is 0 Å². The minimum absolute atomic E-state index is 0.0212. The molecule has 7 nitrogen and oxygen atoms in total. The van der Waals surface area contributed by atoms with E-state index < -0.39 is 28.7 Å². The number of benzene rings is 1. The van der Waals surface area contributed by atoms with Gasteiger partial charge in [-0.05, 0) is 28.1 Å². The molecule has 3 rings (SSSR count). The number of pyridine rings is 2. The standard InChI is InChI=1S/C16H11BrF2N4O3/c17-8-3-10-13(20)12(16(25)23(26)14(10)21-6-8)15(24)22-5-7-1-2-9(18)4-11(7)19/h1-4,6,26H,5,20H2,(H,22,24). The molecule has 0 atom stereocenters. The SMILES string of the molecule is Nc1c(C(=O)NCc2ccc(F)cc2F)c(=O)n(O)c2ncc(Br)cc12. The summed E-state index contributed by atoms with van der Waals surface area (Å²) < 4.78 is 27.3. The van der Waals surface area contributed by atoms with Crippen LogP contribution in [0.25, 0.3) is 11.0 Å². The van der Waals surface area contributed by atoms with Gasteiger partial charge >= 0.3 is 0 Å². The number of aromatic nitrogens is 2. The third-order valence-electron chi connectivity index (χ3n) is 3.68. The number of nitrogens with zero attached hydrogens (tertiary/aromatic N) is 2. The van der Waals surface area contributed by atoms with E-state index in [9.17, 15) is 23.6 Å². The van der Waals surface area contributed by atoms with Crippen LogP contribution in [-0.4, -0.2) is 20.8 Å². The van der Waals surface area contributed by atoms with E-state index in [-0.39, 0.29) is 33.6 Å². The number of rotatable bonds is 3. The number of nitrogens with two attached hydrogens (primary N) is 1. The topological polar surface area (TPSA) is 110 Å². The van der Waals surface area contributed by atoms with Crippen molar-refractivity contribution in [2.24, 2.45) is 0 Å². The van der Waals surface area contributed by atoms with Crippen LogP contribution in [0.1, 0.15) is 15.9 Å². The van der Waals surface area contributed by atoms with Gasteiger partial charge < -0.3 is 16.3 Å². The molecular formula is C16H11BrF2N4O3. The number of amides is 1. The van der Waals surface area contributed by atoms with Crippen molar-refractivity contribution >= 4 is 38.6 Å². The predicted molar refractivity (Wildman–Crippen MR) is 92.8 cm³/mol. The summed E-state index contributed by atoms with van der Waals surface area (Å²) in [5.74, 6) is -2.51. The molecule has 0 fully saturated rings. The van der Waals surface area contributed by atoms with Gasteiger partial charge in [-0.1, -0.05) is 6.07 Å². The maximum atomic E-state index is 13.6. The molecule has 0 unspecified atom stereocenters. The average molecular weight is 425 g/mol. The first-order valence-corrected chi connectivity index (χ1v) is 8.00. The summed E-state index contributed by atoms with van der Waals surface area (Å²) in [4.78, 5) is 28.5. The number of carbonyl (C=O) groups excluding carboxylic acids is 1. The molecule has 0 radical (unpaired) electrons. The Hall–Kier alpha value is -3.01. The fraction of sp³-hybridized carbons (Fsp3) is 0.0625. The number of hydrogen-bond donors (Lipinski definition) is 3. The van der Waals surface area contributed by atoms with Crippen LogP contribution in [0.15, 0.2) is 39.7 Å². The van der Waals surface area contributed by atoms with Crippen LogP contribution >= 0.6 is 15.9 Å². The molecule has 0 saturated carbocycles. The zero-order valence-electron chi connectivity index (χ0n) is 13.0. The molecule has 3 aromatic rings. The van der Waals surface area contributed by atoms with E-state index in [1.165, 1.54) is 18.3 Å². The molecule has 0 aliphatic carbocycles. The van der Waals surface area contributed by atoms with Gasteiger partial charge in [-0.25, -0.2) is 13.8 Å². The Kier molecular flexibility index (Phi) is 4.60. The van der Waals surface area contributed by atoms with Gasteiger partial charge in [-0.2, -0.15) is 0 Å². The summed E-state index contributed by atoms with van der Waals surface area (Å²) in [6.07, 6.45) is 1.35. The van der Waals surface area contributed by atoms with Crippen molar-refractivity contribution in [3.63, 3.8) is 0 Å². The third kappa shape index (κ3) is 3.10. The monoisotopic (exact) mass is 424 g/mol. The second-order valence-corrected chi connectivity index (χ2v) is 6.26. The number of fused-ring (bicyclic) bond motifs is 1. The number of halogens is 3. The Morgan fingerprint density at radius 1 is 1.35 bits per heavy atom. The molecule has 0 saturated heterocycles. The maximum absolute atomic E-state index is 13.6. The Bertz CT molecular complexity index is 1100. The highest BCUT2D eigenvalue weighted by Crippen LogP contribution is 2.23. The van der Waals surface area contributed by atoms with Gasteiger partial charge in [0.1, 0.15) is 17.2 Å². The van der Waals surface area contributed by atoms with Crippen LogP contribution in [0, 0.1) is 11.6 Å². The van der Waals surface area contributed by atoms with Crippen molar-refractivity contribution in [3.05, 3.63) is 68.1 Å². The summed E-state index contributed by atoms with van der Waals surface area (Å²) in [6.45, 7) is -0.302. The Labute approximate surface area is 153 Å². The normalized spacial score (nSPS) is 10.9. The van der Waals surface area contributed by atoms with Gasteiger partial charge in [0.15, 0.2) is 5.65 Å². The van der Waals surface area contributed by atoms with Gasteiger partial charge in [0.2, 0.25) is 0 Å². The highest BCUT2D eigenvalue weighted by molar-refractivity contribution is 9.10. The third-order valence-corrected chi connectivity index (χ3v) is 4.11. The fourth-order valence-electron chi connectivity index (χ4n) is 2.40. The predicted octanol–water partition coefficient (Wildman–Crippen LogP) is 2.19. The van der Waals surface area contributed by atoms with Crippen LogP contribution in [-0.2, 0) is 6.54 Å². The first-order valence-electron chi connectivity index (χ1n) is 7.20. The Morgan fingerprint density at radius 2 is 2.08 bits per heavy atom. The molecular weight excluding hydrogens is 414 g/mol. The number of anilines is 1. The number of carbonyl (C=O) groups is 1. The molecule has 1 amide bonds. The lowest BCUT2D eigenvalue weighted by Crippen LogP contribution is -2.34. The van der Waals surface area contributed by atoms with E-state index in [1.54, 1.807) is 0 Å². The minimum Gasteiger partial charge on any atom is -0.423 e. The van der Waals surface area contributed by atoms with E-state index in [0.29, 0.717) is 10.5 Å². The highest BCUT2D eigenvalue weighted by atomic mass is 79.9. The summed E-state index contributed by atoms with van der Waals surface area (Å²) in [6, 6.07) is 4.37. The van der Waals surface area contributed by atoms with E-state index in [2.05, 4.69) is 26.2 Å². The van der Waals surface area contributed by atoms with Crippen molar-refractivity contribution in [1.29, 1.82) is 0 Å². The van der Waals surface area contributed by atoms with E-state index >= 15 is 0 Å². The molecule has 2 heterocycles. The van der Waals surface area contributed by atoms with Crippen LogP contribution in [0.2, 0.25) is 0 Å². The zero-order valence-corrected chi connectivity index (χ0v) is 14.5. The molecule has 0 aliphatic heterocycles. The van der Waals surface area contributed by atoms with Crippen LogP contribution in [0.5, 0.6) is 0 Å². The fourth-order valence-corrected chi connectivity index (χ4v) is 2.73. The molecule has 26 heavy (non-hydrogen) atoms. The van der Waals surface area contributed by atoms with Gasteiger partial charge in [-0.3, -0.25) is 9.59 Å². The largest absolute Gasteiger partial charge is 0.423 e. The lowest BCUT2D eigenvalue weighted by atomic mass is 10.1.